The van der Waals surface area contributed by atoms with Crippen LogP contribution in [0, 0.1) is 0 Å². The predicted octanol–water partition coefficient (Wildman–Crippen LogP) is 21.5. The largest absolute Gasteiger partial charge is 0.466 e. The summed E-state index contributed by atoms with van der Waals surface area (Å²) >= 11 is 0. The maximum Gasteiger partial charge on any atom is 0.305 e. The van der Waals surface area contributed by atoms with Crippen molar-refractivity contribution in [3.05, 3.63) is 36.5 Å². The molecule has 0 aliphatic carbocycles. The molecule has 0 saturated heterocycles. The van der Waals surface area contributed by atoms with E-state index in [2.05, 4.69) is 43.5 Å². The van der Waals surface area contributed by atoms with Crippen molar-refractivity contribution in [1.82, 2.24) is 5.32 Å². The quantitative estimate of drug-likeness (QED) is 0.0320. The van der Waals surface area contributed by atoms with Gasteiger partial charge in [-0.3, -0.25) is 9.59 Å². The lowest BCUT2D eigenvalue weighted by Crippen LogP contribution is -2.45. The van der Waals surface area contributed by atoms with Crippen molar-refractivity contribution in [2.24, 2.45) is 0 Å². The molecule has 0 aromatic rings. The zero-order valence-corrected chi connectivity index (χ0v) is 50.5. The van der Waals surface area contributed by atoms with Gasteiger partial charge in [0.25, 0.3) is 0 Å². The Morgan fingerprint density at radius 2 is 0.667 bits per heavy atom. The third-order valence-electron chi connectivity index (χ3n) is 15.7. The molecule has 0 saturated carbocycles. The molecule has 1 amide bonds. The van der Waals surface area contributed by atoms with Gasteiger partial charge in [-0.15, -0.1) is 0 Å². The second-order valence-corrected chi connectivity index (χ2v) is 23.2. The molecule has 0 heterocycles. The molecule has 0 aliphatic heterocycles. The summed E-state index contributed by atoms with van der Waals surface area (Å²) in [4.78, 5) is 24.5. The van der Waals surface area contributed by atoms with E-state index in [1.807, 2.05) is 6.08 Å². The Bertz CT molecular complexity index is 1210. The van der Waals surface area contributed by atoms with Gasteiger partial charge in [-0.25, -0.2) is 0 Å². The summed E-state index contributed by atoms with van der Waals surface area (Å²) < 4.78 is 5.49. The fraction of sp³-hybridized carbons (Fsp3) is 0.884. The average Bonchev–Trinajstić information content (AvgIpc) is 3.41. The van der Waals surface area contributed by atoms with Gasteiger partial charge in [0, 0.05) is 12.8 Å². The molecule has 0 radical (unpaired) electrons. The fourth-order valence-corrected chi connectivity index (χ4v) is 10.5. The first-order valence-electron chi connectivity index (χ1n) is 33.8. The van der Waals surface area contributed by atoms with E-state index in [1.165, 1.54) is 295 Å². The SMILES string of the molecule is CCCCCCCCCCC/C=C/C(O)C(CO)NC(=O)CCCCCCCCCCCCCCCCCCC/C=C\C/C=C\CCCCCCCCCCCOC(=O)CCCCCCCCCCCCCCCC. The third kappa shape index (κ3) is 61.2. The van der Waals surface area contributed by atoms with Crippen LogP contribution >= 0.6 is 0 Å². The van der Waals surface area contributed by atoms with Crippen LogP contribution in [0.25, 0.3) is 0 Å². The molecule has 0 bridgehead atoms. The highest BCUT2D eigenvalue weighted by atomic mass is 16.5. The second-order valence-electron chi connectivity index (χ2n) is 23.2. The Labute approximate surface area is 468 Å². The van der Waals surface area contributed by atoms with Crippen LogP contribution in [0.15, 0.2) is 36.5 Å². The summed E-state index contributed by atoms with van der Waals surface area (Å²) in [6.07, 6.45) is 82.2. The van der Waals surface area contributed by atoms with E-state index in [1.54, 1.807) is 6.08 Å². The number of hydrogen-bond donors (Lipinski definition) is 3. The first-order chi connectivity index (χ1) is 37.0. The Morgan fingerprint density at radius 3 is 1.01 bits per heavy atom. The molecular weight excluding hydrogens is 923 g/mol. The van der Waals surface area contributed by atoms with E-state index >= 15 is 0 Å². The van der Waals surface area contributed by atoms with Gasteiger partial charge >= 0.3 is 5.97 Å². The van der Waals surface area contributed by atoms with Crippen molar-refractivity contribution < 1.29 is 24.5 Å². The molecule has 75 heavy (non-hydrogen) atoms. The Morgan fingerprint density at radius 1 is 0.373 bits per heavy atom. The normalized spacial score (nSPS) is 12.7. The van der Waals surface area contributed by atoms with E-state index in [0.717, 1.165) is 44.9 Å². The molecule has 442 valence electrons. The number of amides is 1. The zero-order valence-electron chi connectivity index (χ0n) is 50.5. The van der Waals surface area contributed by atoms with Crippen LogP contribution in [0.1, 0.15) is 367 Å². The Balaban J connectivity index is 3.37. The number of rotatable bonds is 63. The van der Waals surface area contributed by atoms with Crippen molar-refractivity contribution in [2.45, 2.75) is 379 Å². The lowest BCUT2D eigenvalue weighted by Gasteiger charge is -2.20. The molecule has 0 aliphatic rings. The van der Waals surface area contributed by atoms with Crippen molar-refractivity contribution in [3.8, 4) is 0 Å². The van der Waals surface area contributed by atoms with E-state index < -0.39 is 12.1 Å². The smallest absolute Gasteiger partial charge is 0.305 e. The molecule has 0 fully saturated rings. The number of aliphatic hydroxyl groups excluding tert-OH is 2. The molecule has 0 aromatic heterocycles. The predicted molar refractivity (Wildman–Crippen MR) is 329 cm³/mol. The highest BCUT2D eigenvalue weighted by molar-refractivity contribution is 5.76. The summed E-state index contributed by atoms with van der Waals surface area (Å²) in [6, 6.07) is -0.625. The highest BCUT2D eigenvalue weighted by Gasteiger charge is 2.18. The number of aliphatic hydroxyl groups is 2. The lowest BCUT2D eigenvalue weighted by molar-refractivity contribution is -0.143. The number of allylic oxidation sites excluding steroid dienone is 5. The standard InChI is InChI=1S/C69H131NO5/c1-3-5-7-9-11-13-15-16-39-43-47-51-55-59-63-69(74)75-64-60-56-52-48-44-40-37-35-33-31-29-27-25-23-21-19-17-18-20-22-24-26-28-30-32-34-36-38-42-46-50-54-58-62-68(73)70-66(65-71)67(72)61-57-53-49-45-41-14-12-10-8-6-4-2/h21,23,27,29,57,61,66-67,71-72H,3-20,22,24-26,28,30-56,58-60,62-65H2,1-2H3,(H,70,73)/b23-21-,29-27-,61-57+. The maximum absolute atomic E-state index is 12.4. The summed E-state index contributed by atoms with van der Waals surface area (Å²) in [5, 5.41) is 23.0. The van der Waals surface area contributed by atoms with Crippen LogP contribution in [0.3, 0.4) is 0 Å². The van der Waals surface area contributed by atoms with Crippen LogP contribution in [-0.4, -0.2) is 47.4 Å². The van der Waals surface area contributed by atoms with Gasteiger partial charge < -0.3 is 20.3 Å². The molecule has 0 spiro atoms. The number of esters is 1. The summed E-state index contributed by atoms with van der Waals surface area (Å²) in [5.74, 6) is -0.0500. The van der Waals surface area contributed by atoms with Crippen LogP contribution in [-0.2, 0) is 14.3 Å². The van der Waals surface area contributed by atoms with Crippen LogP contribution in [0.4, 0.5) is 0 Å². The molecule has 0 aromatic carbocycles. The molecule has 0 rings (SSSR count). The molecule has 3 N–H and O–H groups in total. The van der Waals surface area contributed by atoms with Crippen LogP contribution < -0.4 is 5.32 Å². The number of ether oxygens (including phenoxy) is 1. The first-order valence-corrected chi connectivity index (χ1v) is 33.8. The Hall–Kier alpha value is -1.92. The lowest BCUT2D eigenvalue weighted by atomic mass is 10.0. The minimum atomic E-state index is -0.841. The average molecular weight is 1050 g/mol. The second kappa shape index (κ2) is 64.6. The van der Waals surface area contributed by atoms with Gasteiger partial charge in [0.05, 0.1) is 25.4 Å². The number of carbonyl (C=O) groups is 2. The Kier molecular flexibility index (Phi) is 63.0. The van der Waals surface area contributed by atoms with Crippen molar-refractivity contribution >= 4 is 11.9 Å². The summed E-state index contributed by atoms with van der Waals surface area (Å²) in [6.45, 7) is 4.91. The van der Waals surface area contributed by atoms with E-state index in [4.69, 9.17) is 4.74 Å². The third-order valence-corrected chi connectivity index (χ3v) is 15.7. The van der Waals surface area contributed by atoms with Gasteiger partial charge in [0.15, 0.2) is 0 Å². The van der Waals surface area contributed by atoms with Gasteiger partial charge in [0.1, 0.15) is 0 Å². The molecule has 2 atom stereocenters. The van der Waals surface area contributed by atoms with Crippen LogP contribution in [0.2, 0.25) is 0 Å². The zero-order chi connectivity index (χ0) is 54.3. The number of carbonyl (C=O) groups excluding carboxylic acids is 2. The van der Waals surface area contributed by atoms with Gasteiger partial charge in [-0.05, 0) is 64.2 Å². The monoisotopic (exact) mass is 1050 g/mol. The minimum Gasteiger partial charge on any atom is -0.466 e. The molecular formula is C69H131NO5. The van der Waals surface area contributed by atoms with E-state index in [9.17, 15) is 19.8 Å². The maximum atomic E-state index is 12.4. The van der Waals surface area contributed by atoms with E-state index in [0.29, 0.717) is 19.4 Å². The van der Waals surface area contributed by atoms with Crippen molar-refractivity contribution in [3.63, 3.8) is 0 Å². The number of unbranched alkanes of at least 4 members (excludes halogenated alkanes) is 48. The summed E-state index contributed by atoms with van der Waals surface area (Å²) in [7, 11) is 0. The van der Waals surface area contributed by atoms with E-state index in [-0.39, 0.29) is 18.5 Å². The number of hydrogen-bond acceptors (Lipinski definition) is 5. The number of nitrogens with one attached hydrogen (secondary N) is 1. The van der Waals surface area contributed by atoms with Crippen molar-refractivity contribution in [2.75, 3.05) is 13.2 Å². The first kappa shape index (κ1) is 73.1. The van der Waals surface area contributed by atoms with Gasteiger partial charge in [-0.1, -0.05) is 326 Å². The molecule has 6 heteroatoms. The fourth-order valence-electron chi connectivity index (χ4n) is 10.5. The topological polar surface area (TPSA) is 95.9 Å². The van der Waals surface area contributed by atoms with Gasteiger partial charge in [-0.2, -0.15) is 0 Å². The minimum absolute atomic E-state index is 0.0163. The van der Waals surface area contributed by atoms with Crippen molar-refractivity contribution in [1.29, 1.82) is 0 Å². The molecule has 6 nitrogen and oxygen atoms in total. The highest BCUT2D eigenvalue weighted by Crippen LogP contribution is 2.18. The van der Waals surface area contributed by atoms with Crippen LogP contribution in [0.5, 0.6) is 0 Å². The molecule has 2 unspecified atom stereocenters. The summed E-state index contributed by atoms with van der Waals surface area (Å²) in [5.41, 5.74) is 0. The van der Waals surface area contributed by atoms with Gasteiger partial charge in [0.2, 0.25) is 5.91 Å².